The van der Waals surface area contributed by atoms with Crippen LogP contribution in [0.15, 0.2) is 41.3 Å². The monoisotopic (exact) mass is 390 g/mol. The van der Waals surface area contributed by atoms with Gasteiger partial charge in [0.25, 0.3) is 5.91 Å². The zero-order chi connectivity index (χ0) is 18.8. The highest BCUT2D eigenvalue weighted by Gasteiger charge is 2.18. The summed E-state index contributed by atoms with van der Waals surface area (Å²) in [6.45, 7) is 4.14. The Morgan fingerprint density at radius 2 is 2.00 bits per heavy atom. The van der Waals surface area contributed by atoms with Crippen molar-refractivity contribution in [3.8, 4) is 0 Å². The molecule has 0 radical (unpaired) electrons. The Morgan fingerprint density at radius 1 is 1.31 bits per heavy atom. The molecule has 0 saturated carbocycles. The zero-order valence-corrected chi connectivity index (χ0v) is 16.0. The summed E-state index contributed by atoms with van der Waals surface area (Å²) >= 11 is 7.23. The van der Waals surface area contributed by atoms with Crippen molar-refractivity contribution in [2.75, 3.05) is 0 Å². The number of pyridine rings is 1. The average molecular weight is 391 g/mol. The van der Waals surface area contributed by atoms with E-state index >= 15 is 0 Å². The molecule has 0 aliphatic carbocycles. The lowest BCUT2D eigenvalue weighted by atomic mass is 10.1. The van der Waals surface area contributed by atoms with E-state index in [0.29, 0.717) is 21.8 Å². The summed E-state index contributed by atoms with van der Waals surface area (Å²) in [4.78, 5) is 26.8. The van der Waals surface area contributed by atoms with Gasteiger partial charge in [0.05, 0.1) is 12.0 Å². The van der Waals surface area contributed by atoms with E-state index in [1.807, 2.05) is 30.5 Å². The highest BCUT2D eigenvalue weighted by molar-refractivity contribution is 7.18. The first-order valence-electron chi connectivity index (χ1n) is 8.21. The van der Waals surface area contributed by atoms with Gasteiger partial charge in [-0.3, -0.25) is 9.59 Å². The van der Waals surface area contributed by atoms with Gasteiger partial charge in [-0.05, 0) is 37.6 Å². The Balaban J connectivity index is 1.95. The van der Waals surface area contributed by atoms with Gasteiger partial charge in [-0.1, -0.05) is 23.7 Å². The fourth-order valence-electron chi connectivity index (χ4n) is 2.69. The number of fused-ring (bicyclic) bond motifs is 1. The van der Waals surface area contributed by atoms with E-state index in [2.05, 4.69) is 5.32 Å². The van der Waals surface area contributed by atoms with Gasteiger partial charge < -0.3 is 15.0 Å². The number of hydrogen-bond donors (Lipinski definition) is 2. The molecule has 1 amide bonds. The van der Waals surface area contributed by atoms with Crippen LogP contribution in [0.3, 0.4) is 0 Å². The maximum absolute atomic E-state index is 12.8. The molecule has 26 heavy (non-hydrogen) atoms. The lowest BCUT2D eigenvalue weighted by Gasteiger charge is -2.14. The van der Waals surface area contributed by atoms with Crippen molar-refractivity contribution in [1.29, 1.82) is 0 Å². The molecule has 2 heterocycles. The van der Waals surface area contributed by atoms with Crippen molar-refractivity contribution < 1.29 is 9.90 Å². The van der Waals surface area contributed by atoms with E-state index in [0.717, 1.165) is 10.4 Å². The van der Waals surface area contributed by atoms with Crippen LogP contribution in [0.5, 0.6) is 0 Å². The molecule has 3 rings (SSSR count). The largest absolute Gasteiger partial charge is 0.391 e. The van der Waals surface area contributed by atoms with Crippen LogP contribution in [0.1, 0.15) is 40.7 Å². The minimum absolute atomic E-state index is 0.0751. The molecular formula is C19H19ClN2O3S. The van der Waals surface area contributed by atoms with E-state index in [4.69, 9.17) is 11.6 Å². The number of amides is 1. The molecule has 0 fully saturated rings. The van der Waals surface area contributed by atoms with Gasteiger partial charge in [-0.2, -0.15) is 0 Å². The van der Waals surface area contributed by atoms with Crippen LogP contribution in [-0.4, -0.2) is 15.6 Å². The summed E-state index contributed by atoms with van der Waals surface area (Å²) in [5, 5.41) is 13.3. The van der Waals surface area contributed by atoms with Crippen molar-refractivity contribution in [2.24, 2.45) is 0 Å². The molecule has 0 spiro atoms. The molecule has 0 bridgehead atoms. The topological polar surface area (TPSA) is 71.3 Å². The van der Waals surface area contributed by atoms with Crippen LogP contribution >= 0.6 is 22.9 Å². The number of aliphatic hydroxyl groups excluding tert-OH is 1. The molecule has 2 aromatic heterocycles. The fourth-order valence-corrected chi connectivity index (χ4v) is 3.94. The van der Waals surface area contributed by atoms with Crippen LogP contribution in [-0.2, 0) is 13.2 Å². The molecular weight excluding hydrogens is 372 g/mol. The summed E-state index contributed by atoms with van der Waals surface area (Å²) in [5.74, 6) is -0.419. The molecule has 0 atom stereocenters. The van der Waals surface area contributed by atoms with Crippen LogP contribution in [0.2, 0.25) is 5.02 Å². The molecule has 2 N–H and O–H groups in total. The van der Waals surface area contributed by atoms with Gasteiger partial charge in [0.15, 0.2) is 0 Å². The second-order valence-electron chi connectivity index (χ2n) is 6.27. The fraction of sp³-hybridized carbons (Fsp3) is 0.263. The lowest BCUT2D eigenvalue weighted by Crippen LogP contribution is -2.29. The van der Waals surface area contributed by atoms with Gasteiger partial charge >= 0.3 is 0 Å². The molecule has 7 heteroatoms. The molecule has 0 saturated heterocycles. The molecule has 1 aromatic carbocycles. The normalized spacial score (nSPS) is 11.3. The van der Waals surface area contributed by atoms with Crippen molar-refractivity contribution >= 4 is 39.1 Å². The highest BCUT2D eigenvalue weighted by Crippen LogP contribution is 2.26. The van der Waals surface area contributed by atoms with Crippen molar-refractivity contribution in [1.82, 2.24) is 9.88 Å². The number of halogens is 1. The Morgan fingerprint density at radius 3 is 2.62 bits per heavy atom. The zero-order valence-electron chi connectivity index (χ0n) is 14.5. The number of benzene rings is 1. The van der Waals surface area contributed by atoms with Crippen LogP contribution in [0.4, 0.5) is 0 Å². The number of aromatic nitrogens is 1. The Labute approximate surface area is 159 Å². The minimum Gasteiger partial charge on any atom is -0.391 e. The molecule has 5 nitrogen and oxygen atoms in total. The first-order valence-corrected chi connectivity index (χ1v) is 9.41. The van der Waals surface area contributed by atoms with Gasteiger partial charge in [-0.25, -0.2) is 0 Å². The highest BCUT2D eigenvalue weighted by atomic mass is 35.5. The van der Waals surface area contributed by atoms with E-state index < -0.39 is 5.91 Å². The SMILES string of the molecule is CC(C)n1cc(C(=O)NCc2ccc(Cl)cc2)c(=O)c2cc(CO)sc21. The Kier molecular flexibility index (Phi) is 5.46. The number of hydrogen-bond acceptors (Lipinski definition) is 4. The third-order valence-electron chi connectivity index (χ3n) is 4.08. The van der Waals surface area contributed by atoms with E-state index in [1.54, 1.807) is 24.4 Å². The first-order chi connectivity index (χ1) is 12.4. The van der Waals surface area contributed by atoms with Gasteiger partial charge in [0.1, 0.15) is 10.4 Å². The average Bonchev–Trinajstić information content (AvgIpc) is 3.06. The maximum Gasteiger partial charge on any atom is 0.257 e. The molecule has 0 unspecified atom stereocenters. The number of thiophene rings is 1. The van der Waals surface area contributed by atoms with E-state index in [1.165, 1.54) is 11.3 Å². The Bertz CT molecular complexity index is 1010. The predicted molar refractivity (Wildman–Crippen MR) is 105 cm³/mol. The molecule has 0 aliphatic rings. The van der Waals surface area contributed by atoms with Crippen LogP contribution in [0.25, 0.3) is 10.2 Å². The third-order valence-corrected chi connectivity index (χ3v) is 5.46. The minimum atomic E-state index is -0.419. The standard InChI is InChI=1S/C19H19ClN2O3S/c1-11(2)22-9-16(17(24)15-7-14(10-23)26-19(15)22)18(25)21-8-12-3-5-13(20)6-4-12/h3-7,9,11,23H,8,10H2,1-2H3,(H,21,25). The third kappa shape index (κ3) is 3.67. The summed E-state index contributed by atoms with van der Waals surface area (Å²) < 4.78 is 1.90. The Hall–Kier alpha value is -2.15. The summed E-state index contributed by atoms with van der Waals surface area (Å²) in [5.41, 5.74) is 0.676. The first kappa shape index (κ1) is 18.6. The summed E-state index contributed by atoms with van der Waals surface area (Å²) in [6.07, 6.45) is 1.60. The van der Waals surface area contributed by atoms with Gasteiger partial charge in [-0.15, -0.1) is 11.3 Å². The predicted octanol–water partition coefficient (Wildman–Crippen LogP) is 3.72. The quantitative estimate of drug-likeness (QED) is 0.697. The number of rotatable bonds is 5. The number of aliphatic hydroxyl groups is 1. The molecule has 0 aliphatic heterocycles. The maximum atomic E-state index is 12.8. The molecule has 136 valence electrons. The van der Waals surface area contributed by atoms with Crippen LogP contribution in [0, 0.1) is 0 Å². The number of nitrogens with zero attached hydrogens (tertiary/aromatic N) is 1. The summed E-state index contributed by atoms with van der Waals surface area (Å²) in [7, 11) is 0. The second kappa shape index (κ2) is 7.61. The van der Waals surface area contributed by atoms with Crippen molar-refractivity contribution in [3.63, 3.8) is 0 Å². The number of carbonyl (C=O) groups is 1. The lowest BCUT2D eigenvalue weighted by molar-refractivity contribution is 0.0949. The van der Waals surface area contributed by atoms with Crippen molar-refractivity contribution in [2.45, 2.75) is 33.0 Å². The molecule has 3 aromatic rings. The van der Waals surface area contributed by atoms with E-state index in [9.17, 15) is 14.7 Å². The number of carbonyl (C=O) groups excluding carboxylic acids is 1. The van der Waals surface area contributed by atoms with E-state index in [-0.39, 0.29) is 23.6 Å². The summed E-state index contributed by atoms with van der Waals surface area (Å²) in [6, 6.07) is 8.89. The van der Waals surface area contributed by atoms with Gasteiger partial charge in [0, 0.05) is 28.7 Å². The van der Waals surface area contributed by atoms with Crippen LogP contribution < -0.4 is 10.7 Å². The number of nitrogens with one attached hydrogen (secondary N) is 1. The second-order valence-corrected chi connectivity index (χ2v) is 7.82. The van der Waals surface area contributed by atoms with Crippen molar-refractivity contribution in [3.05, 3.63) is 67.8 Å². The van der Waals surface area contributed by atoms with Gasteiger partial charge in [0.2, 0.25) is 5.43 Å². The smallest absolute Gasteiger partial charge is 0.257 e.